The van der Waals surface area contributed by atoms with Gasteiger partial charge in [-0.2, -0.15) is 4.31 Å². The highest BCUT2D eigenvalue weighted by Gasteiger charge is 2.39. The number of hydrogen-bond donors (Lipinski definition) is 1. The summed E-state index contributed by atoms with van der Waals surface area (Å²) >= 11 is 0. The Bertz CT molecular complexity index is 600. The molecule has 1 aliphatic heterocycles. The fourth-order valence-corrected chi connectivity index (χ4v) is 3.63. The number of carbonyl (C=O) groups is 1. The highest BCUT2D eigenvalue weighted by molar-refractivity contribution is 7.89. The van der Waals surface area contributed by atoms with Gasteiger partial charge in [0.1, 0.15) is 16.7 Å². The lowest BCUT2D eigenvalue weighted by atomic mass is 10.3. The largest absolute Gasteiger partial charge is 0.507 e. The van der Waals surface area contributed by atoms with E-state index in [9.17, 15) is 18.3 Å². The van der Waals surface area contributed by atoms with Gasteiger partial charge in [0.05, 0.1) is 20.3 Å². The smallest absolute Gasteiger partial charge is 0.326 e. The topological polar surface area (TPSA) is 93.1 Å². The zero-order chi connectivity index (χ0) is 14.8. The third-order valence-electron chi connectivity index (χ3n) is 3.00. The van der Waals surface area contributed by atoms with E-state index in [1.807, 2.05) is 0 Å². The maximum atomic E-state index is 12.5. The second-order valence-corrected chi connectivity index (χ2v) is 6.06. The van der Waals surface area contributed by atoms with E-state index in [-0.39, 0.29) is 30.4 Å². The van der Waals surface area contributed by atoms with Crippen molar-refractivity contribution in [1.29, 1.82) is 0 Å². The fourth-order valence-electron chi connectivity index (χ4n) is 2.00. The standard InChI is InChI=1S/C12H15NO6S/c1-18-12(15)9-8-19-7-6-13(9)20(16,17)11-5-3-2-4-10(11)14/h2-5,9,14H,6-8H2,1H3. The number of hydrogen-bond acceptors (Lipinski definition) is 6. The van der Waals surface area contributed by atoms with E-state index in [1.165, 1.54) is 31.4 Å². The third kappa shape index (κ3) is 2.62. The molecule has 1 saturated heterocycles. The van der Waals surface area contributed by atoms with Crippen molar-refractivity contribution in [3.05, 3.63) is 24.3 Å². The molecule has 0 aromatic heterocycles. The number of sulfonamides is 1. The van der Waals surface area contributed by atoms with E-state index in [4.69, 9.17) is 4.74 Å². The molecule has 0 saturated carbocycles. The molecule has 0 radical (unpaired) electrons. The Morgan fingerprint density at radius 1 is 1.45 bits per heavy atom. The van der Waals surface area contributed by atoms with Crippen LogP contribution in [-0.4, -0.2) is 56.7 Å². The van der Waals surface area contributed by atoms with Gasteiger partial charge in [0, 0.05) is 6.54 Å². The van der Waals surface area contributed by atoms with Gasteiger partial charge < -0.3 is 14.6 Å². The van der Waals surface area contributed by atoms with Gasteiger partial charge in [-0.1, -0.05) is 12.1 Å². The van der Waals surface area contributed by atoms with E-state index < -0.39 is 22.0 Å². The molecule has 0 amide bonds. The van der Waals surface area contributed by atoms with Crippen molar-refractivity contribution < 1.29 is 27.8 Å². The molecule has 1 aromatic carbocycles. The summed E-state index contributed by atoms with van der Waals surface area (Å²) in [6.07, 6.45) is 0. The van der Waals surface area contributed by atoms with E-state index in [1.54, 1.807) is 0 Å². The molecule has 1 heterocycles. The third-order valence-corrected chi connectivity index (χ3v) is 4.96. The van der Waals surface area contributed by atoms with Crippen LogP contribution in [-0.2, 0) is 24.3 Å². The maximum Gasteiger partial charge on any atom is 0.326 e. The van der Waals surface area contributed by atoms with Crippen molar-refractivity contribution in [3.63, 3.8) is 0 Å². The second kappa shape index (κ2) is 5.78. The number of aromatic hydroxyl groups is 1. The molecule has 1 aromatic rings. The summed E-state index contributed by atoms with van der Waals surface area (Å²) in [5, 5.41) is 9.71. The molecule has 1 atom stereocenters. The first-order valence-electron chi connectivity index (χ1n) is 5.94. The first kappa shape index (κ1) is 14.8. The van der Waals surface area contributed by atoms with E-state index in [2.05, 4.69) is 4.74 Å². The van der Waals surface area contributed by atoms with Gasteiger partial charge in [0.25, 0.3) is 0 Å². The number of morpholine rings is 1. The second-order valence-electron chi connectivity index (χ2n) is 4.20. The molecule has 2 rings (SSSR count). The summed E-state index contributed by atoms with van der Waals surface area (Å²) in [7, 11) is -2.81. The maximum absolute atomic E-state index is 12.5. The van der Waals surface area contributed by atoms with Gasteiger partial charge in [0.2, 0.25) is 10.0 Å². The number of phenols is 1. The van der Waals surface area contributed by atoms with Crippen molar-refractivity contribution >= 4 is 16.0 Å². The summed E-state index contributed by atoms with van der Waals surface area (Å²) in [4.78, 5) is 11.4. The molecule has 1 unspecified atom stereocenters. The van der Waals surface area contributed by atoms with Crippen molar-refractivity contribution in [1.82, 2.24) is 4.31 Å². The Morgan fingerprint density at radius 3 is 2.80 bits per heavy atom. The van der Waals surface area contributed by atoms with Crippen LogP contribution in [0.4, 0.5) is 0 Å². The van der Waals surface area contributed by atoms with Crippen molar-refractivity contribution in [2.75, 3.05) is 26.9 Å². The van der Waals surface area contributed by atoms with Crippen LogP contribution in [0.2, 0.25) is 0 Å². The SMILES string of the molecule is COC(=O)C1COCCN1S(=O)(=O)c1ccccc1O. The van der Waals surface area contributed by atoms with Crippen LogP contribution >= 0.6 is 0 Å². The number of carbonyl (C=O) groups excluding carboxylic acids is 1. The summed E-state index contributed by atoms with van der Waals surface area (Å²) in [5.74, 6) is -1.05. The van der Waals surface area contributed by atoms with Crippen molar-refractivity contribution in [2.24, 2.45) is 0 Å². The number of esters is 1. The molecule has 8 heteroatoms. The minimum Gasteiger partial charge on any atom is -0.507 e. The molecular weight excluding hydrogens is 286 g/mol. The molecular formula is C12H15NO6S. The molecule has 0 spiro atoms. The number of benzene rings is 1. The van der Waals surface area contributed by atoms with Gasteiger partial charge in [-0.05, 0) is 12.1 Å². The zero-order valence-corrected chi connectivity index (χ0v) is 11.7. The van der Waals surface area contributed by atoms with Crippen LogP contribution in [0.5, 0.6) is 5.75 Å². The molecule has 1 aliphatic rings. The Labute approximate surface area is 116 Å². The molecule has 0 aliphatic carbocycles. The van der Waals surface area contributed by atoms with Gasteiger partial charge in [-0.3, -0.25) is 4.79 Å². The number of ether oxygens (including phenoxy) is 2. The quantitative estimate of drug-likeness (QED) is 0.787. The average molecular weight is 301 g/mol. The Morgan fingerprint density at radius 2 is 2.15 bits per heavy atom. The summed E-state index contributed by atoms with van der Waals surface area (Å²) < 4.78 is 35.8. The molecule has 7 nitrogen and oxygen atoms in total. The average Bonchev–Trinajstić information content (AvgIpc) is 2.46. The van der Waals surface area contributed by atoms with E-state index in [0.29, 0.717) is 0 Å². The van der Waals surface area contributed by atoms with Gasteiger partial charge in [-0.25, -0.2) is 8.42 Å². The number of nitrogens with zero attached hydrogens (tertiary/aromatic N) is 1. The van der Waals surface area contributed by atoms with Crippen LogP contribution in [0.25, 0.3) is 0 Å². The highest BCUT2D eigenvalue weighted by atomic mass is 32.2. The fraction of sp³-hybridized carbons (Fsp3) is 0.417. The molecule has 20 heavy (non-hydrogen) atoms. The monoisotopic (exact) mass is 301 g/mol. The highest BCUT2D eigenvalue weighted by Crippen LogP contribution is 2.27. The summed E-state index contributed by atoms with van der Waals surface area (Å²) in [6.45, 7) is 0.135. The van der Waals surface area contributed by atoms with Crippen LogP contribution in [0.1, 0.15) is 0 Å². The van der Waals surface area contributed by atoms with Gasteiger partial charge in [-0.15, -0.1) is 0 Å². The first-order chi connectivity index (χ1) is 9.48. The summed E-state index contributed by atoms with van der Waals surface area (Å²) in [6, 6.07) is 4.54. The molecule has 0 bridgehead atoms. The van der Waals surface area contributed by atoms with Crippen molar-refractivity contribution in [3.8, 4) is 5.75 Å². The van der Waals surface area contributed by atoms with Crippen LogP contribution < -0.4 is 0 Å². The van der Waals surface area contributed by atoms with Gasteiger partial charge in [0.15, 0.2) is 0 Å². The Balaban J connectivity index is 2.41. The molecule has 110 valence electrons. The summed E-state index contributed by atoms with van der Waals surface area (Å²) in [5.41, 5.74) is 0. The Hall–Kier alpha value is -1.64. The van der Waals surface area contributed by atoms with E-state index in [0.717, 1.165) is 4.31 Å². The van der Waals surface area contributed by atoms with Crippen LogP contribution in [0.15, 0.2) is 29.2 Å². The predicted octanol–water partition coefficient (Wildman–Crippen LogP) is -0.0453. The lowest BCUT2D eigenvalue weighted by Gasteiger charge is -2.32. The van der Waals surface area contributed by atoms with Crippen molar-refractivity contribution in [2.45, 2.75) is 10.9 Å². The molecule has 1 N–H and O–H groups in total. The normalized spacial score (nSPS) is 20.6. The minimum atomic E-state index is -3.99. The number of rotatable bonds is 3. The van der Waals surface area contributed by atoms with Crippen LogP contribution in [0.3, 0.4) is 0 Å². The predicted molar refractivity (Wildman–Crippen MR) is 68.6 cm³/mol. The first-order valence-corrected chi connectivity index (χ1v) is 7.38. The number of methoxy groups -OCH3 is 1. The lowest BCUT2D eigenvalue weighted by molar-refractivity contribution is -0.149. The minimum absolute atomic E-state index is 0.0242. The van der Waals surface area contributed by atoms with Crippen LogP contribution in [0, 0.1) is 0 Å². The van der Waals surface area contributed by atoms with E-state index >= 15 is 0 Å². The van der Waals surface area contributed by atoms with Gasteiger partial charge >= 0.3 is 5.97 Å². The number of para-hydroxylation sites is 1. The zero-order valence-electron chi connectivity index (χ0n) is 10.9. The Kier molecular flexibility index (Phi) is 4.26. The number of phenolic OH excluding ortho intramolecular Hbond substituents is 1. The lowest BCUT2D eigenvalue weighted by Crippen LogP contribution is -2.52. The molecule has 1 fully saturated rings.